The maximum Gasteiger partial charge on any atom is 0.255 e. The molecular weight excluding hydrogens is 270 g/mol. The standard InChI is InChI=1S/C12H16BrNO2/c1-4-8(2)14-12(15)10-7-9(13)5-6-11(10)16-3/h5-8H,4H2,1-3H3,(H,14,15)/t8-/m1/s1. The average Bonchev–Trinajstić information content (AvgIpc) is 2.28. The van der Waals surface area contributed by atoms with E-state index in [-0.39, 0.29) is 11.9 Å². The topological polar surface area (TPSA) is 38.3 Å². The highest BCUT2D eigenvalue weighted by Gasteiger charge is 2.14. The highest BCUT2D eigenvalue weighted by atomic mass is 79.9. The third kappa shape index (κ3) is 3.23. The fraction of sp³-hybridized carbons (Fsp3) is 0.417. The Morgan fingerprint density at radius 3 is 2.81 bits per heavy atom. The number of amides is 1. The second kappa shape index (κ2) is 5.89. The Kier molecular flexibility index (Phi) is 4.80. The minimum absolute atomic E-state index is 0.104. The molecule has 0 aliphatic carbocycles. The summed E-state index contributed by atoms with van der Waals surface area (Å²) in [5.41, 5.74) is 0.553. The van der Waals surface area contributed by atoms with Crippen LogP contribution in [0.3, 0.4) is 0 Å². The van der Waals surface area contributed by atoms with E-state index in [1.165, 1.54) is 0 Å². The molecule has 1 atom stereocenters. The van der Waals surface area contributed by atoms with Gasteiger partial charge in [-0.15, -0.1) is 0 Å². The molecule has 0 radical (unpaired) electrons. The lowest BCUT2D eigenvalue weighted by Crippen LogP contribution is -2.32. The van der Waals surface area contributed by atoms with Crippen molar-refractivity contribution in [3.8, 4) is 5.75 Å². The number of nitrogens with one attached hydrogen (secondary N) is 1. The van der Waals surface area contributed by atoms with Crippen LogP contribution in [0.5, 0.6) is 5.75 Å². The van der Waals surface area contributed by atoms with Crippen LogP contribution in [0.2, 0.25) is 0 Å². The van der Waals surface area contributed by atoms with Crippen molar-refractivity contribution < 1.29 is 9.53 Å². The highest BCUT2D eigenvalue weighted by molar-refractivity contribution is 9.10. The molecule has 0 aliphatic rings. The average molecular weight is 286 g/mol. The van der Waals surface area contributed by atoms with Crippen LogP contribution in [-0.4, -0.2) is 19.1 Å². The number of methoxy groups -OCH3 is 1. The van der Waals surface area contributed by atoms with Crippen molar-refractivity contribution in [1.29, 1.82) is 0 Å². The smallest absolute Gasteiger partial charge is 0.255 e. The van der Waals surface area contributed by atoms with Gasteiger partial charge in [0.05, 0.1) is 12.7 Å². The van der Waals surface area contributed by atoms with E-state index in [0.29, 0.717) is 11.3 Å². The number of halogens is 1. The van der Waals surface area contributed by atoms with Gasteiger partial charge in [-0.05, 0) is 31.5 Å². The van der Waals surface area contributed by atoms with Gasteiger partial charge in [0.1, 0.15) is 5.75 Å². The van der Waals surface area contributed by atoms with E-state index < -0.39 is 0 Å². The predicted molar refractivity (Wildman–Crippen MR) is 67.9 cm³/mol. The van der Waals surface area contributed by atoms with Gasteiger partial charge in [-0.3, -0.25) is 4.79 Å². The second-order valence-electron chi connectivity index (χ2n) is 3.63. The summed E-state index contributed by atoms with van der Waals surface area (Å²) in [7, 11) is 1.56. The van der Waals surface area contributed by atoms with Gasteiger partial charge in [0.25, 0.3) is 5.91 Å². The SMILES string of the molecule is CC[C@@H](C)NC(=O)c1cc(Br)ccc1OC. The Hall–Kier alpha value is -1.03. The van der Waals surface area contributed by atoms with Crippen molar-refractivity contribution in [3.63, 3.8) is 0 Å². The molecular formula is C12H16BrNO2. The molecule has 0 unspecified atom stereocenters. The zero-order chi connectivity index (χ0) is 12.1. The Balaban J connectivity index is 2.93. The third-order valence-corrected chi connectivity index (χ3v) is 2.89. The third-order valence-electron chi connectivity index (χ3n) is 2.40. The van der Waals surface area contributed by atoms with Crippen LogP contribution in [0.25, 0.3) is 0 Å². The summed E-state index contributed by atoms with van der Waals surface area (Å²) in [6, 6.07) is 5.54. The van der Waals surface area contributed by atoms with E-state index in [0.717, 1.165) is 10.9 Å². The molecule has 0 fully saturated rings. The molecule has 0 spiro atoms. The van der Waals surface area contributed by atoms with Crippen molar-refractivity contribution in [2.75, 3.05) is 7.11 Å². The van der Waals surface area contributed by atoms with Gasteiger partial charge in [-0.25, -0.2) is 0 Å². The number of rotatable bonds is 4. The van der Waals surface area contributed by atoms with Crippen LogP contribution < -0.4 is 10.1 Å². The minimum atomic E-state index is -0.104. The lowest BCUT2D eigenvalue weighted by molar-refractivity contribution is 0.0936. The Morgan fingerprint density at radius 2 is 2.25 bits per heavy atom. The van der Waals surface area contributed by atoms with Crippen LogP contribution in [0.1, 0.15) is 30.6 Å². The maximum absolute atomic E-state index is 11.9. The Labute approximate surface area is 104 Å². The number of hydrogen-bond acceptors (Lipinski definition) is 2. The van der Waals surface area contributed by atoms with Gasteiger partial charge >= 0.3 is 0 Å². The molecule has 88 valence electrons. The summed E-state index contributed by atoms with van der Waals surface area (Å²) in [4.78, 5) is 11.9. The minimum Gasteiger partial charge on any atom is -0.496 e. The van der Waals surface area contributed by atoms with Crippen LogP contribution in [0, 0.1) is 0 Å². The Morgan fingerprint density at radius 1 is 1.56 bits per heavy atom. The van der Waals surface area contributed by atoms with Crippen LogP contribution >= 0.6 is 15.9 Å². The molecule has 0 saturated heterocycles. The number of hydrogen-bond donors (Lipinski definition) is 1. The van der Waals surface area contributed by atoms with Crippen molar-refractivity contribution in [3.05, 3.63) is 28.2 Å². The van der Waals surface area contributed by atoms with Crippen molar-refractivity contribution in [1.82, 2.24) is 5.32 Å². The summed E-state index contributed by atoms with van der Waals surface area (Å²) in [6.45, 7) is 4.01. The molecule has 1 N–H and O–H groups in total. The van der Waals surface area contributed by atoms with E-state index in [9.17, 15) is 4.79 Å². The van der Waals surface area contributed by atoms with Gasteiger partial charge < -0.3 is 10.1 Å². The Bertz CT molecular complexity index is 379. The van der Waals surface area contributed by atoms with E-state index in [4.69, 9.17) is 4.74 Å². The molecule has 0 bridgehead atoms. The van der Waals surface area contributed by atoms with Crippen LogP contribution in [-0.2, 0) is 0 Å². The van der Waals surface area contributed by atoms with Gasteiger partial charge in [0.2, 0.25) is 0 Å². The molecule has 16 heavy (non-hydrogen) atoms. The lowest BCUT2D eigenvalue weighted by Gasteiger charge is -2.13. The summed E-state index contributed by atoms with van der Waals surface area (Å²) in [6.07, 6.45) is 0.905. The molecule has 3 nitrogen and oxygen atoms in total. The quantitative estimate of drug-likeness (QED) is 0.924. The van der Waals surface area contributed by atoms with Crippen LogP contribution in [0.15, 0.2) is 22.7 Å². The molecule has 1 aromatic carbocycles. The first-order valence-electron chi connectivity index (χ1n) is 5.22. The molecule has 0 aliphatic heterocycles. The summed E-state index contributed by atoms with van der Waals surface area (Å²) in [5.74, 6) is 0.483. The predicted octanol–water partition coefficient (Wildman–Crippen LogP) is 2.99. The van der Waals surface area contributed by atoms with Gasteiger partial charge in [-0.1, -0.05) is 22.9 Å². The molecule has 4 heteroatoms. The van der Waals surface area contributed by atoms with Gasteiger partial charge in [-0.2, -0.15) is 0 Å². The summed E-state index contributed by atoms with van der Waals surface area (Å²) >= 11 is 3.34. The van der Waals surface area contributed by atoms with E-state index >= 15 is 0 Å². The normalized spacial score (nSPS) is 12.0. The highest BCUT2D eigenvalue weighted by Crippen LogP contribution is 2.22. The largest absolute Gasteiger partial charge is 0.496 e. The number of ether oxygens (including phenoxy) is 1. The maximum atomic E-state index is 11.9. The summed E-state index contributed by atoms with van der Waals surface area (Å²) < 4.78 is 6.02. The zero-order valence-corrected chi connectivity index (χ0v) is 11.3. The van der Waals surface area contributed by atoms with Crippen molar-refractivity contribution >= 4 is 21.8 Å². The molecule has 0 heterocycles. The molecule has 0 aromatic heterocycles. The number of carbonyl (C=O) groups excluding carboxylic acids is 1. The molecule has 1 amide bonds. The first kappa shape index (κ1) is 13.0. The first-order valence-corrected chi connectivity index (χ1v) is 6.02. The van der Waals surface area contributed by atoms with Crippen molar-refractivity contribution in [2.45, 2.75) is 26.3 Å². The molecule has 1 aromatic rings. The van der Waals surface area contributed by atoms with Gasteiger partial charge in [0.15, 0.2) is 0 Å². The van der Waals surface area contributed by atoms with E-state index in [2.05, 4.69) is 21.2 Å². The monoisotopic (exact) mass is 285 g/mol. The summed E-state index contributed by atoms with van der Waals surface area (Å²) in [5, 5.41) is 2.91. The van der Waals surface area contributed by atoms with Crippen LogP contribution in [0.4, 0.5) is 0 Å². The lowest BCUT2D eigenvalue weighted by atomic mass is 10.1. The first-order chi connectivity index (χ1) is 7.58. The molecule has 1 rings (SSSR count). The number of carbonyl (C=O) groups is 1. The van der Waals surface area contributed by atoms with Gasteiger partial charge in [0, 0.05) is 10.5 Å². The van der Waals surface area contributed by atoms with E-state index in [1.807, 2.05) is 19.9 Å². The fourth-order valence-corrected chi connectivity index (χ4v) is 1.62. The fourth-order valence-electron chi connectivity index (χ4n) is 1.26. The number of benzene rings is 1. The second-order valence-corrected chi connectivity index (χ2v) is 4.54. The van der Waals surface area contributed by atoms with E-state index in [1.54, 1.807) is 19.2 Å². The zero-order valence-electron chi connectivity index (χ0n) is 9.71. The van der Waals surface area contributed by atoms with Crippen molar-refractivity contribution in [2.24, 2.45) is 0 Å². The molecule has 0 saturated carbocycles.